The van der Waals surface area contributed by atoms with E-state index in [1.165, 1.54) is 18.9 Å². The molecule has 0 heterocycles. The Morgan fingerprint density at radius 2 is 2.00 bits per heavy atom. The number of nitrogens with zero attached hydrogens (tertiary/aromatic N) is 1. The van der Waals surface area contributed by atoms with Gasteiger partial charge in [-0.15, -0.1) is 0 Å². The SMILES string of the molecule is Cc1cc(NC(=O)N(C)CC2CC2)cc(C(=O)O)c1C. The van der Waals surface area contributed by atoms with E-state index in [0.29, 0.717) is 11.6 Å². The van der Waals surface area contributed by atoms with Gasteiger partial charge in [0, 0.05) is 19.3 Å². The van der Waals surface area contributed by atoms with Gasteiger partial charge < -0.3 is 15.3 Å². The van der Waals surface area contributed by atoms with Crippen molar-refractivity contribution in [3.63, 3.8) is 0 Å². The number of benzene rings is 1. The molecule has 0 unspecified atom stereocenters. The van der Waals surface area contributed by atoms with E-state index in [9.17, 15) is 9.59 Å². The molecule has 0 spiro atoms. The second-order valence-electron chi connectivity index (χ2n) is 5.52. The van der Waals surface area contributed by atoms with Crippen LogP contribution in [0.5, 0.6) is 0 Å². The summed E-state index contributed by atoms with van der Waals surface area (Å²) < 4.78 is 0. The van der Waals surface area contributed by atoms with Crippen LogP contribution in [-0.2, 0) is 0 Å². The van der Waals surface area contributed by atoms with Crippen LogP contribution >= 0.6 is 0 Å². The lowest BCUT2D eigenvalue weighted by Gasteiger charge is -2.18. The van der Waals surface area contributed by atoms with Crippen LogP contribution in [0.25, 0.3) is 0 Å². The average molecular weight is 276 g/mol. The molecule has 5 heteroatoms. The number of anilines is 1. The van der Waals surface area contributed by atoms with Crippen LogP contribution in [0.4, 0.5) is 10.5 Å². The van der Waals surface area contributed by atoms with Gasteiger partial charge in [-0.05, 0) is 55.9 Å². The molecule has 1 aromatic carbocycles. The molecule has 2 N–H and O–H groups in total. The molecule has 1 fully saturated rings. The fraction of sp³-hybridized carbons (Fsp3) is 0.467. The van der Waals surface area contributed by atoms with Gasteiger partial charge in [0.25, 0.3) is 0 Å². The lowest BCUT2D eigenvalue weighted by Crippen LogP contribution is -2.33. The highest BCUT2D eigenvalue weighted by molar-refractivity contribution is 5.94. The van der Waals surface area contributed by atoms with Crippen LogP contribution in [0.3, 0.4) is 0 Å². The van der Waals surface area contributed by atoms with Crippen molar-refractivity contribution in [1.82, 2.24) is 4.90 Å². The molecule has 2 amide bonds. The minimum atomic E-state index is -0.979. The van der Waals surface area contributed by atoms with Crippen molar-refractivity contribution in [2.45, 2.75) is 26.7 Å². The van der Waals surface area contributed by atoms with Crippen LogP contribution in [0.15, 0.2) is 12.1 Å². The molecule has 0 bridgehead atoms. The standard InChI is InChI=1S/C15H20N2O3/c1-9-6-12(7-13(10(9)2)14(18)19)16-15(20)17(3)8-11-4-5-11/h6-7,11H,4-5,8H2,1-3H3,(H,16,20)(H,18,19). The second-order valence-corrected chi connectivity index (χ2v) is 5.52. The lowest BCUT2D eigenvalue weighted by atomic mass is 10.0. The summed E-state index contributed by atoms with van der Waals surface area (Å²) in [6, 6.07) is 3.11. The van der Waals surface area contributed by atoms with Crippen LogP contribution in [0.1, 0.15) is 34.3 Å². The van der Waals surface area contributed by atoms with Crippen molar-refractivity contribution in [2.75, 3.05) is 18.9 Å². The largest absolute Gasteiger partial charge is 0.478 e. The summed E-state index contributed by atoms with van der Waals surface area (Å²) in [5.41, 5.74) is 2.33. The summed E-state index contributed by atoms with van der Waals surface area (Å²) in [6.45, 7) is 4.36. The van der Waals surface area contributed by atoms with Crippen LogP contribution in [-0.4, -0.2) is 35.6 Å². The van der Waals surface area contributed by atoms with Gasteiger partial charge >= 0.3 is 12.0 Å². The zero-order chi connectivity index (χ0) is 14.9. The zero-order valence-electron chi connectivity index (χ0n) is 12.1. The lowest BCUT2D eigenvalue weighted by molar-refractivity contribution is 0.0696. The first kappa shape index (κ1) is 14.4. The van der Waals surface area contributed by atoms with Gasteiger partial charge in [0.05, 0.1) is 5.56 Å². The monoisotopic (exact) mass is 276 g/mol. The van der Waals surface area contributed by atoms with E-state index >= 15 is 0 Å². The number of nitrogens with one attached hydrogen (secondary N) is 1. The molecule has 0 radical (unpaired) electrons. The maximum atomic E-state index is 12.0. The maximum Gasteiger partial charge on any atom is 0.336 e. The number of amides is 2. The van der Waals surface area contributed by atoms with E-state index < -0.39 is 5.97 Å². The molecular formula is C15H20N2O3. The van der Waals surface area contributed by atoms with Crippen molar-refractivity contribution in [1.29, 1.82) is 0 Å². The highest BCUT2D eigenvalue weighted by Crippen LogP contribution is 2.29. The molecule has 1 aromatic rings. The van der Waals surface area contributed by atoms with Crippen molar-refractivity contribution in [3.8, 4) is 0 Å². The fourth-order valence-electron chi connectivity index (χ4n) is 2.14. The Morgan fingerprint density at radius 3 is 2.55 bits per heavy atom. The van der Waals surface area contributed by atoms with Crippen molar-refractivity contribution >= 4 is 17.7 Å². The second kappa shape index (κ2) is 5.53. The fourth-order valence-corrected chi connectivity index (χ4v) is 2.14. The number of carboxylic acids is 1. The van der Waals surface area contributed by atoms with Crippen molar-refractivity contribution in [2.24, 2.45) is 5.92 Å². The molecule has 1 aliphatic carbocycles. The molecule has 1 saturated carbocycles. The van der Waals surface area contributed by atoms with E-state index in [1.807, 2.05) is 6.92 Å². The van der Waals surface area contributed by atoms with Crippen molar-refractivity contribution < 1.29 is 14.7 Å². The number of hydrogen-bond donors (Lipinski definition) is 2. The minimum absolute atomic E-state index is 0.198. The Morgan fingerprint density at radius 1 is 1.35 bits per heavy atom. The number of carboxylic acid groups (broad SMARTS) is 1. The summed E-state index contributed by atoms with van der Waals surface area (Å²) >= 11 is 0. The summed E-state index contributed by atoms with van der Waals surface area (Å²) in [7, 11) is 1.76. The topological polar surface area (TPSA) is 69.6 Å². The maximum absolute atomic E-state index is 12.0. The van der Waals surface area contributed by atoms with Crippen molar-refractivity contribution in [3.05, 3.63) is 28.8 Å². The summed E-state index contributed by atoms with van der Waals surface area (Å²) in [5, 5.41) is 11.9. The Labute approximate surface area is 118 Å². The Hall–Kier alpha value is -2.04. The number of hydrogen-bond acceptors (Lipinski definition) is 2. The molecule has 0 atom stereocenters. The Kier molecular flexibility index (Phi) is 3.97. The van der Waals surface area contributed by atoms with E-state index in [0.717, 1.165) is 17.7 Å². The van der Waals surface area contributed by atoms with E-state index in [4.69, 9.17) is 5.11 Å². The Bertz CT molecular complexity index is 550. The van der Waals surface area contributed by atoms with Crippen LogP contribution in [0, 0.1) is 19.8 Å². The van der Waals surface area contributed by atoms with Crippen LogP contribution in [0.2, 0.25) is 0 Å². The van der Waals surface area contributed by atoms with Gasteiger partial charge in [-0.2, -0.15) is 0 Å². The first-order valence-electron chi connectivity index (χ1n) is 6.75. The van der Waals surface area contributed by atoms with E-state index in [-0.39, 0.29) is 11.6 Å². The van der Waals surface area contributed by atoms with Gasteiger partial charge in [0.2, 0.25) is 0 Å². The number of carbonyl (C=O) groups is 2. The minimum Gasteiger partial charge on any atom is -0.478 e. The molecule has 5 nitrogen and oxygen atoms in total. The molecule has 1 aliphatic rings. The van der Waals surface area contributed by atoms with Gasteiger partial charge in [0.1, 0.15) is 0 Å². The smallest absolute Gasteiger partial charge is 0.336 e. The zero-order valence-corrected chi connectivity index (χ0v) is 12.1. The van der Waals surface area contributed by atoms with E-state index in [1.54, 1.807) is 24.9 Å². The summed E-state index contributed by atoms with van der Waals surface area (Å²) in [6.07, 6.45) is 2.37. The van der Waals surface area contributed by atoms with E-state index in [2.05, 4.69) is 5.32 Å². The van der Waals surface area contributed by atoms with Gasteiger partial charge in [0.15, 0.2) is 0 Å². The number of aromatic carboxylic acids is 1. The predicted molar refractivity (Wildman–Crippen MR) is 77.2 cm³/mol. The first-order valence-corrected chi connectivity index (χ1v) is 6.75. The highest BCUT2D eigenvalue weighted by atomic mass is 16.4. The normalized spacial score (nSPS) is 13.9. The predicted octanol–water partition coefficient (Wildman–Crippen LogP) is 2.88. The summed E-state index contributed by atoms with van der Waals surface area (Å²) in [5.74, 6) is -0.354. The molecule has 20 heavy (non-hydrogen) atoms. The van der Waals surface area contributed by atoms with Crippen LogP contribution < -0.4 is 5.32 Å². The van der Waals surface area contributed by atoms with Gasteiger partial charge in [-0.1, -0.05) is 0 Å². The number of urea groups is 1. The third-order valence-corrected chi connectivity index (χ3v) is 3.72. The Balaban J connectivity index is 2.12. The molecule has 108 valence electrons. The third-order valence-electron chi connectivity index (χ3n) is 3.72. The quantitative estimate of drug-likeness (QED) is 0.888. The number of aryl methyl sites for hydroxylation is 1. The molecular weight excluding hydrogens is 256 g/mol. The molecule has 0 aliphatic heterocycles. The molecule has 0 saturated heterocycles. The summed E-state index contributed by atoms with van der Waals surface area (Å²) in [4.78, 5) is 24.8. The number of carbonyl (C=O) groups excluding carboxylic acids is 1. The molecule has 2 rings (SSSR count). The van der Waals surface area contributed by atoms with Gasteiger partial charge in [-0.25, -0.2) is 9.59 Å². The van der Waals surface area contributed by atoms with Gasteiger partial charge in [-0.3, -0.25) is 0 Å². The molecule has 0 aromatic heterocycles. The third kappa shape index (κ3) is 3.29. The number of rotatable bonds is 4. The highest BCUT2D eigenvalue weighted by Gasteiger charge is 2.25. The average Bonchev–Trinajstić information content (AvgIpc) is 3.16. The first-order chi connectivity index (χ1) is 9.38.